The van der Waals surface area contributed by atoms with Crippen LogP contribution in [0.3, 0.4) is 0 Å². The minimum Gasteiger partial charge on any atom is -0.494 e. The fourth-order valence-corrected chi connectivity index (χ4v) is 5.13. The number of benzene rings is 3. The second-order valence-electron chi connectivity index (χ2n) is 7.68. The van der Waals surface area contributed by atoms with Crippen molar-refractivity contribution in [3.05, 3.63) is 82.8 Å². The first-order valence-corrected chi connectivity index (χ1v) is 13.5. The number of nitrogens with zero attached hydrogens (tertiary/aromatic N) is 1. The van der Waals surface area contributed by atoms with Gasteiger partial charge in [0.2, 0.25) is 5.91 Å². The van der Waals surface area contributed by atoms with Crippen LogP contribution in [0.5, 0.6) is 11.5 Å². The predicted octanol–water partition coefficient (Wildman–Crippen LogP) is 5.32. The number of hydrogen-bond donors (Lipinski definition) is 1. The van der Waals surface area contributed by atoms with E-state index in [0.29, 0.717) is 24.7 Å². The smallest absolute Gasteiger partial charge is 0.264 e. The summed E-state index contributed by atoms with van der Waals surface area (Å²) in [6, 6.07) is 20.0. The number of sulfonamides is 1. The number of ether oxygens (including phenoxy) is 2. The molecule has 3 aromatic rings. The van der Waals surface area contributed by atoms with Crippen molar-refractivity contribution in [3.63, 3.8) is 0 Å². The zero-order chi connectivity index (χ0) is 25.4. The molecule has 0 aliphatic carbocycles. The van der Waals surface area contributed by atoms with E-state index < -0.39 is 15.9 Å². The Kier molecular flexibility index (Phi) is 9.17. The summed E-state index contributed by atoms with van der Waals surface area (Å²) in [7, 11) is -4.01. The lowest BCUT2D eigenvalue weighted by atomic mass is 10.1. The third-order valence-electron chi connectivity index (χ3n) is 5.19. The summed E-state index contributed by atoms with van der Waals surface area (Å²) >= 11 is 3.33. The third kappa shape index (κ3) is 6.99. The number of hydrogen-bond acceptors (Lipinski definition) is 5. The van der Waals surface area contributed by atoms with Gasteiger partial charge >= 0.3 is 0 Å². The van der Waals surface area contributed by atoms with E-state index in [2.05, 4.69) is 21.2 Å². The van der Waals surface area contributed by atoms with E-state index in [-0.39, 0.29) is 17.5 Å². The minimum absolute atomic E-state index is 0.0851. The molecule has 0 aliphatic heterocycles. The Balaban J connectivity index is 1.84. The predicted molar refractivity (Wildman–Crippen MR) is 140 cm³/mol. The molecule has 9 heteroatoms. The maximum Gasteiger partial charge on any atom is 0.264 e. The topological polar surface area (TPSA) is 84.9 Å². The van der Waals surface area contributed by atoms with Crippen LogP contribution in [0.15, 0.2) is 82.2 Å². The van der Waals surface area contributed by atoms with Crippen LogP contribution in [0.25, 0.3) is 0 Å². The van der Waals surface area contributed by atoms with Crippen LogP contribution in [0.2, 0.25) is 0 Å². The summed E-state index contributed by atoms with van der Waals surface area (Å²) in [4.78, 5) is 13.1. The molecule has 0 radical (unpaired) electrons. The Hall–Kier alpha value is -3.04. The van der Waals surface area contributed by atoms with Gasteiger partial charge in [-0.1, -0.05) is 28.1 Å². The third-order valence-corrected chi connectivity index (χ3v) is 7.51. The molecule has 0 saturated carbocycles. The van der Waals surface area contributed by atoms with Crippen molar-refractivity contribution in [2.24, 2.45) is 0 Å². The van der Waals surface area contributed by atoms with Gasteiger partial charge in [0.15, 0.2) is 0 Å². The van der Waals surface area contributed by atoms with Crippen molar-refractivity contribution in [1.29, 1.82) is 0 Å². The molecular weight excluding hydrogens is 532 g/mol. The van der Waals surface area contributed by atoms with E-state index in [1.165, 1.54) is 12.1 Å². The quantitative estimate of drug-likeness (QED) is 0.343. The van der Waals surface area contributed by atoms with Crippen molar-refractivity contribution < 1.29 is 22.7 Å². The molecule has 0 aliphatic rings. The van der Waals surface area contributed by atoms with Crippen molar-refractivity contribution in [2.45, 2.75) is 31.7 Å². The van der Waals surface area contributed by atoms with E-state index in [9.17, 15) is 13.2 Å². The average Bonchev–Trinajstić information content (AvgIpc) is 2.84. The normalized spacial score (nSPS) is 12.0. The highest BCUT2D eigenvalue weighted by Crippen LogP contribution is 2.27. The van der Waals surface area contributed by atoms with Crippen molar-refractivity contribution >= 4 is 37.5 Å². The van der Waals surface area contributed by atoms with Crippen LogP contribution >= 0.6 is 15.9 Å². The van der Waals surface area contributed by atoms with Gasteiger partial charge in [0.05, 0.1) is 29.8 Å². The molecular formula is C26H29BrN2O5S. The van der Waals surface area contributed by atoms with Gasteiger partial charge in [-0.2, -0.15) is 0 Å². The number of carbonyl (C=O) groups excluding carboxylic acids is 1. The molecule has 3 rings (SSSR count). The molecule has 1 atom stereocenters. The van der Waals surface area contributed by atoms with Crippen molar-refractivity contribution in [3.8, 4) is 11.5 Å². The summed E-state index contributed by atoms with van der Waals surface area (Å²) in [5.41, 5.74) is 1.24. The van der Waals surface area contributed by atoms with E-state index in [0.717, 1.165) is 20.1 Å². The fourth-order valence-electron chi connectivity index (χ4n) is 3.44. The van der Waals surface area contributed by atoms with Gasteiger partial charge in [-0.25, -0.2) is 8.42 Å². The first-order valence-electron chi connectivity index (χ1n) is 11.3. The maximum absolute atomic E-state index is 13.5. The average molecular weight is 561 g/mol. The standard InChI is InChI=1S/C26H29BrN2O5S/c1-4-33-23-12-6-20(7-13-23)19(3)28-26(30)18-29(22-10-14-24(15-11-22)34-5-2)35(31,32)25-16-8-21(27)9-17-25/h6-17,19H,4-5,18H2,1-3H3,(H,28,30)/t19-/m0/s1. The largest absolute Gasteiger partial charge is 0.494 e. The maximum atomic E-state index is 13.5. The molecule has 35 heavy (non-hydrogen) atoms. The molecule has 0 bridgehead atoms. The zero-order valence-electron chi connectivity index (χ0n) is 19.9. The van der Waals surface area contributed by atoms with Crippen LogP contribution in [0.1, 0.15) is 32.4 Å². The van der Waals surface area contributed by atoms with Crippen LogP contribution in [0, 0.1) is 0 Å². The SMILES string of the molecule is CCOc1ccc([C@H](C)NC(=O)CN(c2ccc(OCC)cc2)S(=O)(=O)c2ccc(Br)cc2)cc1. The molecule has 0 fully saturated rings. The van der Waals surface area contributed by atoms with Gasteiger partial charge in [-0.15, -0.1) is 0 Å². The van der Waals surface area contributed by atoms with E-state index >= 15 is 0 Å². The lowest BCUT2D eigenvalue weighted by molar-refractivity contribution is -0.120. The van der Waals surface area contributed by atoms with Gasteiger partial charge < -0.3 is 14.8 Å². The summed E-state index contributed by atoms with van der Waals surface area (Å²) in [5.74, 6) is 0.934. The van der Waals surface area contributed by atoms with Gasteiger partial charge in [0.1, 0.15) is 18.0 Å². The Morgan fingerprint density at radius 2 is 1.40 bits per heavy atom. The van der Waals surface area contributed by atoms with Gasteiger partial charge in [0, 0.05) is 4.47 Å². The van der Waals surface area contributed by atoms with Crippen molar-refractivity contribution in [1.82, 2.24) is 5.32 Å². The number of rotatable bonds is 11. The zero-order valence-corrected chi connectivity index (χ0v) is 22.3. The van der Waals surface area contributed by atoms with Crippen LogP contribution < -0.4 is 19.1 Å². The summed E-state index contributed by atoms with van der Waals surface area (Å²) in [6.45, 7) is 6.31. The summed E-state index contributed by atoms with van der Waals surface area (Å²) < 4.78 is 39.9. The summed E-state index contributed by atoms with van der Waals surface area (Å²) in [6.07, 6.45) is 0. The van der Waals surface area contributed by atoms with E-state index in [1.54, 1.807) is 36.4 Å². The highest BCUT2D eigenvalue weighted by atomic mass is 79.9. The fraction of sp³-hybridized carbons (Fsp3) is 0.269. The van der Waals surface area contributed by atoms with Gasteiger partial charge in [-0.05, 0) is 87.0 Å². The lowest BCUT2D eigenvalue weighted by Gasteiger charge is -2.25. The molecule has 0 heterocycles. The highest BCUT2D eigenvalue weighted by Gasteiger charge is 2.28. The Morgan fingerprint density at radius 3 is 1.91 bits per heavy atom. The van der Waals surface area contributed by atoms with Crippen molar-refractivity contribution in [2.75, 3.05) is 24.1 Å². The number of carbonyl (C=O) groups is 1. The molecule has 0 saturated heterocycles. The van der Waals surface area contributed by atoms with Crippen LogP contribution in [-0.2, 0) is 14.8 Å². The Morgan fingerprint density at radius 1 is 0.886 bits per heavy atom. The second-order valence-corrected chi connectivity index (χ2v) is 10.5. The number of amides is 1. The molecule has 1 N–H and O–H groups in total. The van der Waals surface area contributed by atoms with E-state index in [1.807, 2.05) is 45.0 Å². The number of anilines is 1. The summed E-state index contributed by atoms with van der Waals surface area (Å²) in [5, 5.41) is 2.89. The Bertz CT molecular complexity index is 1210. The Labute approximate surface area is 215 Å². The second kappa shape index (κ2) is 12.1. The van der Waals surface area contributed by atoms with Gasteiger partial charge in [0.25, 0.3) is 10.0 Å². The monoisotopic (exact) mass is 560 g/mol. The van der Waals surface area contributed by atoms with E-state index in [4.69, 9.17) is 9.47 Å². The number of halogens is 1. The molecule has 7 nitrogen and oxygen atoms in total. The first kappa shape index (κ1) is 26.6. The molecule has 0 aromatic heterocycles. The highest BCUT2D eigenvalue weighted by molar-refractivity contribution is 9.10. The van der Waals surface area contributed by atoms with Gasteiger partial charge in [-0.3, -0.25) is 9.10 Å². The lowest BCUT2D eigenvalue weighted by Crippen LogP contribution is -2.41. The molecule has 0 spiro atoms. The minimum atomic E-state index is -4.01. The first-order chi connectivity index (χ1) is 16.7. The van der Waals surface area contributed by atoms with Crippen LogP contribution in [-0.4, -0.2) is 34.1 Å². The van der Waals surface area contributed by atoms with Crippen LogP contribution in [0.4, 0.5) is 5.69 Å². The molecule has 1 amide bonds. The molecule has 186 valence electrons. The molecule has 3 aromatic carbocycles. The molecule has 0 unspecified atom stereocenters. The number of nitrogens with one attached hydrogen (secondary N) is 1.